The molecule has 4 rings (SSSR count). The van der Waals surface area contributed by atoms with E-state index in [1.165, 1.54) is 4.68 Å². The smallest absolute Gasteiger partial charge is 0.326 e. The number of hydrogen-bond donors (Lipinski definition) is 3. The van der Waals surface area contributed by atoms with E-state index in [2.05, 4.69) is 26.2 Å². The lowest BCUT2D eigenvalue weighted by Gasteiger charge is -2.10. The molecule has 0 unspecified atom stereocenters. The molecule has 3 amide bonds. The fourth-order valence-electron chi connectivity index (χ4n) is 3.06. The van der Waals surface area contributed by atoms with E-state index in [-0.39, 0.29) is 18.2 Å². The zero-order chi connectivity index (χ0) is 23.0. The monoisotopic (exact) mass is 463 g/mol. The highest BCUT2D eigenvalue weighted by Crippen LogP contribution is 2.23. The van der Waals surface area contributed by atoms with Gasteiger partial charge in [0, 0.05) is 22.6 Å². The van der Waals surface area contributed by atoms with E-state index in [4.69, 9.17) is 16.1 Å². The fraction of sp³-hybridized carbons (Fsp3) is 0.0870. The maximum atomic E-state index is 12.4. The normalized spacial score (nSPS) is 10.5. The lowest BCUT2D eigenvalue weighted by molar-refractivity contribution is -0.755. The van der Waals surface area contributed by atoms with Crippen LogP contribution in [0.5, 0.6) is 0 Å². The van der Waals surface area contributed by atoms with Crippen molar-refractivity contribution in [3.63, 3.8) is 0 Å². The number of benzene rings is 2. The summed E-state index contributed by atoms with van der Waals surface area (Å²) in [5.41, 5.74) is 2.55. The van der Waals surface area contributed by atoms with E-state index in [0.29, 0.717) is 22.9 Å². The standard InChI is InChI=1S/C23H19ClN6O3/c24-17-11-19(26-21(31)10-16-6-2-1-3-7-16)13-20(12-17)27-23(32)28-22-15-30(29-33-22)14-18-8-4-5-9-25-18/h1-9,11-13,15H,10,14H2,(H2-,26,27,28,29,31,32)/p+1. The molecule has 0 aliphatic heterocycles. The van der Waals surface area contributed by atoms with Gasteiger partial charge >= 0.3 is 11.9 Å². The van der Waals surface area contributed by atoms with Gasteiger partial charge in [-0.2, -0.15) is 0 Å². The van der Waals surface area contributed by atoms with Crippen molar-refractivity contribution < 1.29 is 18.8 Å². The molecular weight excluding hydrogens is 444 g/mol. The second-order valence-corrected chi connectivity index (χ2v) is 7.54. The number of nitrogens with zero attached hydrogens (tertiary/aromatic N) is 3. The largest absolute Gasteiger partial charge is 0.326 e. The zero-order valence-electron chi connectivity index (χ0n) is 17.4. The summed E-state index contributed by atoms with van der Waals surface area (Å²) in [4.78, 5) is 28.9. The van der Waals surface area contributed by atoms with E-state index in [1.807, 2.05) is 48.5 Å². The van der Waals surface area contributed by atoms with Gasteiger partial charge in [-0.3, -0.25) is 19.6 Å². The highest BCUT2D eigenvalue weighted by molar-refractivity contribution is 6.31. The molecule has 2 aromatic heterocycles. The molecule has 0 atom stereocenters. The molecule has 0 aliphatic carbocycles. The van der Waals surface area contributed by atoms with Crippen molar-refractivity contribution >= 4 is 40.8 Å². The topological polar surface area (TPSA) is 113 Å². The molecule has 10 heteroatoms. The Morgan fingerprint density at radius 3 is 2.45 bits per heavy atom. The molecule has 0 bridgehead atoms. The molecule has 3 N–H and O–H groups in total. The van der Waals surface area contributed by atoms with Crippen LogP contribution >= 0.6 is 11.6 Å². The number of urea groups is 1. The Balaban J connectivity index is 1.34. The van der Waals surface area contributed by atoms with Crippen molar-refractivity contribution in [1.82, 2.24) is 10.3 Å². The first-order chi connectivity index (χ1) is 16.0. The van der Waals surface area contributed by atoms with Crippen LogP contribution in [0.2, 0.25) is 5.02 Å². The molecule has 0 fully saturated rings. The van der Waals surface area contributed by atoms with E-state index in [1.54, 1.807) is 30.6 Å². The molecule has 4 aromatic rings. The van der Waals surface area contributed by atoms with Crippen molar-refractivity contribution in [2.45, 2.75) is 13.0 Å². The Morgan fingerprint density at radius 1 is 0.939 bits per heavy atom. The van der Waals surface area contributed by atoms with Gasteiger partial charge in [-0.25, -0.2) is 4.79 Å². The predicted octanol–water partition coefficient (Wildman–Crippen LogP) is 3.88. The van der Waals surface area contributed by atoms with Crippen molar-refractivity contribution in [3.05, 3.63) is 95.4 Å². The van der Waals surface area contributed by atoms with Gasteiger partial charge in [-0.15, -0.1) is 0 Å². The molecule has 0 saturated carbocycles. The van der Waals surface area contributed by atoms with E-state index in [9.17, 15) is 9.59 Å². The van der Waals surface area contributed by atoms with E-state index in [0.717, 1.165) is 11.3 Å². The van der Waals surface area contributed by atoms with E-state index >= 15 is 0 Å². The molecule has 0 spiro atoms. The number of halogens is 1. The van der Waals surface area contributed by atoms with Crippen LogP contribution in [0.3, 0.4) is 0 Å². The number of aromatic nitrogens is 3. The minimum Gasteiger partial charge on any atom is -0.326 e. The van der Waals surface area contributed by atoms with E-state index < -0.39 is 6.03 Å². The van der Waals surface area contributed by atoms with Gasteiger partial charge in [-0.05, 0) is 40.6 Å². The fourth-order valence-corrected chi connectivity index (χ4v) is 3.30. The Bertz CT molecular complexity index is 1250. The average Bonchev–Trinajstić information content (AvgIpc) is 3.21. The number of carbonyl (C=O) groups excluding carboxylic acids is 2. The molecule has 2 heterocycles. The maximum Gasteiger partial charge on any atom is 0.326 e. The Kier molecular flexibility index (Phi) is 6.91. The number of amides is 3. The van der Waals surface area contributed by atoms with Gasteiger partial charge in [-0.1, -0.05) is 48.0 Å². The van der Waals surface area contributed by atoms with Crippen LogP contribution in [0.4, 0.5) is 22.1 Å². The number of rotatable bonds is 7. The summed E-state index contributed by atoms with van der Waals surface area (Å²) in [6.45, 7) is 0.397. The van der Waals surface area contributed by atoms with Gasteiger partial charge in [0.1, 0.15) is 5.69 Å². The molecular formula is C23H20ClN6O3+. The number of carbonyl (C=O) groups is 2. The second kappa shape index (κ2) is 10.4. The molecule has 166 valence electrons. The quantitative estimate of drug-likeness (QED) is 0.360. The molecule has 0 radical (unpaired) electrons. The lowest BCUT2D eigenvalue weighted by Crippen LogP contribution is -2.35. The summed E-state index contributed by atoms with van der Waals surface area (Å²) in [7, 11) is 0. The molecule has 0 saturated heterocycles. The maximum absolute atomic E-state index is 12.4. The van der Waals surface area contributed by atoms with Crippen molar-refractivity contribution in [3.8, 4) is 0 Å². The summed E-state index contributed by atoms with van der Waals surface area (Å²) in [6, 6.07) is 19.2. The third-order valence-electron chi connectivity index (χ3n) is 4.44. The summed E-state index contributed by atoms with van der Waals surface area (Å²) < 4.78 is 6.64. The number of hydrogen-bond acceptors (Lipinski definition) is 5. The van der Waals surface area contributed by atoms with Gasteiger partial charge in [0.25, 0.3) is 6.20 Å². The van der Waals surface area contributed by atoms with Crippen molar-refractivity contribution in [2.75, 3.05) is 16.0 Å². The zero-order valence-corrected chi connectivity index (χ0v) is 18.1. The number of anilines is 3. The first-order valence-electron chi connectivity index (χ1n) is 10.0. The molecule has 0 aliphatic rings. The SMILES string of the molecule is O=C(Cc1ccccc1)Nc1cc(Cl)cc(NC(=O)Nc2c[n+](Cc3ccccn3)no2)c1. The van der Waals surface area contributed by atoms with Crippen LogP contribution in [-0.2, 0) is 17.8 Å². The van der Waals surface area contributed by atoms with Crippen LogP contribution < -0.4 is 20.6 Å². The van der Waals surface area contributed by atoms with Gasteiger partial charge in [0.15, 0.2) is 0 Å². The highest BCUT2D eigenvalue weighted by atomic mass is 35.5. The predicted molar refractivity (Wildman–Crippen MR) is 123 cm³/mol. The van der Waals surface area contributed by atoms with Crippen LogP contribution in [0.25, 0.3) is 0 Å². The summed E-state index contributed by atoms with van der Waals surface area (Å²) >= 11 is 6.16. The summed E-state index contributed by atoms with van der Waals surface area (Å²) in [5, 5.41) is 12.2. The van der Waals surface area contributed by atoms with Crippen molar-refractivity contribution in [1.29, 1.82) is 0 Å². The first kappa shape index (κ1) is 22.0. The average molecular weight is 464 g/mol. The highest BCUT2D eigenvalue weighted by Gasteiger charge is 2.15. The van der Waals surface area contributed by atoms with Gasteiger partial charge in [0.2, 0.25) is 17.7 Å². The second-order valence-electron chi connectivity index (χ2n) is 7.10. The van der Waals surface area contributed by atoms with Crippen LogP contribution in [0.15, 0.2) is 83.6 Å². The third kappa shape index (κ3) is 6.62. The molecule has 33 heavy (non-hydrogen) atoms. The minimum absolute atomic E-state index is 0.154. The minimum atomic E-state index is -0.556. The van der Waals surface area contributed by atoms with Gasteiger partial charge < -0.3 is 10.6 Å². The van der Waals surface area contributed by atoms with Crippen LogP contribution in [0.1, 0.15) is 11.3 Å². The third-order valence-corrected chi connectivity index (χ3v) is 4.66. The summed E-state index contributed by atoms with van der Waals surface area (Å²) in [5.74, 6) is -0.0418. The lowest BCUT2D eigenvalue weighted by atomic mass is 10.1. The van der Waals surface area contributed by atoms with Crippen molar-refractivity contribution in [2.24, 2.45) is 0 Å². The molecule has 9 nitrogen and oxygen atoms in total. The first-order valence-corrected chi connectivity index (χ1v) is 10.4. The van der Waals surface area contributed by atoms with Crippen LogP contribution in [0, 0.1) is 0 Å². The number of pyridine rings is 1. The molecule has 2 aromatic carbocycles. The van der Waals surface area contributed by atoms with Crippen LogP contribution in [-0.4, -0.2) is 22.2 Å². The van der Waals surface area contributed by atoms with Gasteiger partial charge in [0.05, 0.1) is 6.42 Å². The Hall–Kier alpha value is -4.24. The summed E-state index contributed by atoms with van der Waals surface area (Å²) in [6.07, 6.45) is 3.45. The number of nitrogens with one attached hydrogen (secondary N) is 3. The Morgan fingerprint density at radius 2 is 1.70 bits per heavy atom. The Labute approximate surface area is 194 Å².